The maximum Gasteiger partial charge on any atom is 0.318 e. The third kappa shape index (κ3) is 3.35. The average molecular weight is 396 g/mol. The number of aromatic nitrogens is 4. The van der Waals surface area contributed by atoms with Gasteiger partial charge in [0, 0.05) is 18.6 Å². The van der Waals surface area contributed by atoms with Crippen LogP contribution in [0.15, 0.2) is 37.1 Å². The lowest BCUT2D eigenvalue weighted by atomic mass is 10.00. The summed E-state index contributed by atoms with van der Waals surface area (Å²) in [4.78, 5) is 38.5. The minimum absolute atomic E-state index is 0.0764. The minimum atomic E-state index is -0.606. The van der Waals surface area contributed by atoms with Crippen molar-refractivity contribution in [1.82, 2.24) is 19.5 Å². The van der Waals surface area contributed by atoms with Gasteiger partial charge in [-0.25, -0.2) is 9.97 Å². The van der Waals surface area contributed by atoms with Crippen LogP contribution in [0.5, 0.6) is 0 Å². The molecule has 1 aliphatic carbocycles. The molecule has 144 valence electrons. The number of pyridine rings is 1. The zero-order valence-corrected chi connectivity index (χ0v) is 16.5. The molecule has 0 spiro atoms. The quantitative estimate of drug-likeness (QED) is 0.595. The summed E-state index contributed by atoms with van der Waals surface area (Å²) in [6.07, 6.45) is 8.15. The predicted octanol–water partition coefficient (Wildman–Crippen LogP) is 3.19. The average Bonchev–Trinajstić information content (AvgIpc) is 3.15. The van der Waals surface area contributed by atoms with Gasteiger partial charge in [0.15, 0.2) is 0 Å². The van der Waals surface area contributed by atoms with E-state index < -0.39 is 5.41 Å². The molecule has 1 aliphatic rings. The summed E-state index contributed by atoms with van der Waals surface area (Å²) >= 11 is 1.49. The maximum atomic E-state index is 12.4. The summed E-state index contributed by atoms with van der Waals surface area (Å²) in [6, 6.07) is 3.86. The number of hydrogen-bond acceptors (Lipinski definition) is 7. The van der Waals surface area contributed by atoms with Crippen molar-refractivity contribution in [3.8, 4) is 10.4 Å². The zero-order valence-electron chi connectivity index (χ0n) is 15.7. The normalized spacial score (nSPS) is 14.6. The Morgan fingerprint density at radius 3 is 2.82 bits per heavy atom. The summed E-state index contributed by atoms with van der Waals surface area (Å²) in [5, 5.41) is 0.746. The number of esters is 1. The van der Waals surface area contributed by atoms with Crippen LogP contribution in [0, 0.1) is 6.92 Å². The van der Waals surface area contributed by atoms with Gasteiger partial charge < -0.3 is 4.74 Å². The van der Waals surface area contributed by atoms with Crippen molar-refractivity contribution in [2.24, 2.45) is 0 Å². The zero-order chi connectivity index (χ0) is 19.7. The fourth-order valence-corrected chi connectivity index (χ4v) is 4.27. The van der Waals surface area contributed by atoms with E-state index in [2.05, 4.69) is 15.0 Å². The Morgan fingerprint density at radius 1 is 1.32 bits per heavy atom. The first-order valence-electron chi connectivity index (χ1n) is 9.15. The molecule has 0 unspecified atom stereocenters. The Kier molecular flexibility index (Phi) is 4.80. The molecule has 0 radical (unpaired) electrons. The summed E-state index contributed by atoms with van der Waals surface area (Å²) in [5.74, 6) is -0.278. The summed E-state index contributed by atoms with van der Waals surface area (Å²) < 4.78 is 6.70. The molecule has 0 N–H and O–H groups in total. The van der Waals surface area contributed by atoms with Crippen LogP contribution in [-0.4, -0.2) is 38.0 Å². The molecule has 28 heavy (non-hydrogen) atoms. The summed E-state index contributed by atoms with van der Waals surface area (Å²) in [6.45, 7) is 4.10. The second-order valence-corrected chi connectivity index (χ2v) is 7.88. The van der Waals surface area contributed by atoms with E-state index in [0.717, 1.165) is 39.7 Å². The van der Waals surface area contributed by atoms with Crippen molar-refractivity contribution in [3.05, 3.63) is 53.4 Å². The molecular formula is C20H20N4O3S. The fraction of sp³-hybridized carbons (Fsp3) is 0.350. The highest BCUT2D eigenvalue weighted by Gasteiger charge is 2.54. The molecule has 0 saturated heterocycles. The standard InChI is InChI=1S/C20H20N4O3S/c1-3-27-19(26)20(5-6-20)15-10-14(4-7-22-15)18-13(2)23-16(28-18)11-17(25)24-9-8-21-12-24/h4,7-10,12H,3,5-6,11H2,1-2H3. The van der Waals surface area contributed by atoms with Gasteiger partial charge in [-0.2, -0.15) is 0 Å². The summed E-state index contributed by atoms with van der Waals surface area (Å²) in [5.41, 5.74) is 1.95. The van der Waals surface area contributed by atoms with Crippen LogP contribution in [0.1, 0.15) is 41.0 Å². The molecule has 0 bridgehead atoms. The molecule has 0 aliphatic heterocycles. The van der Waals surface area contributed by atoms with Gasteiger partial charge >= 0.3 is 5.97 Å². The number of aryl methyl sites for hydroxylation is 1. The molecule has 3 aromatic rings. The van der Waals surface area contributed by atoms with Crippen LogP contribution in [0.4, 0.5) is 0 Å². The molecule has 0 aromatic carbocycles. The highest BCUT2D eigenvalue weighted by molar-refractivity contribution is 7.15. The molecule has 1 fully saturated rings. The molecule has 4 rings (SSSR count). The Balaban J connectivity index is 1.59. The number of nitrogens with zero attached hydrogens (tertiary/aromatic N) is 4. The minimum Gasteiger partial charge on any atom is -0.465 e. The number of carbonyl (C=O) groups is 2. The predicted molar refractivity (Wildman–Crippen MR) is 104 cm³/mol. The lowest BCUT2D eigenvalue weighted by molar-refractivity contribution is -0.146. The number of thiazole rings is 1. The SMILES string of the molecule is CCOC(=O)C1(c2cc(-c3sc(CC(=O)n4ccnc4)nc3C)ccn2)CC1. The Labute approximate surface area is 166 Å². The van der Waals surface area contributed by atoms with Gasteiger partial charge in [-0.3, -0.25) is 19.1 Å². The Bertz CT molecular complexity index is 1020. The van der Waals surface area contributed by atoms with Crippen LogP contribution in [0.2, 0.25) is 0 Å². The molecule has 0 amide bonds. The van der Waals surface area contributed by atoms with Gasteiger partial charge in [0.05, 0.1) is 29.3 Å². The molecule has 8 heteroatoms. The Hall–Kier alpha value is -2.87. The highest BCUT2D eigenvalue weighted by Crippen LogP contribution is 2.49. The molecule has 7 nitrogen and oxygen atoms in total. The molecule has 3 heterocycles. The van der Waals surface area contributed by atoms with Gasteiger partial charge in [0.1, 0.15) is 16.7 Å². The number of hydrogen-bond donors (Lipinski definition) is 0. The molecule has 0 atom stereocenters. The van der Waals surface area contributed by atoms with E-state index in [1.165, 1.54) is 22.2 Å². The first-order valence-corrected chi connectivity index (χ1v) is 9.97. The van der Waals surface area contributed by atoms with E-state index in [1.807, 2.05) is 26.0 Å². The topological polar surface area (TPSA) is 87.0 Å². The van der Waals surface area contributed by atoms with Crippen LogP contribution >= 0.6 is 11.3 Å². The lowest BCUT2D eigenvalue weighted by Gasteiger charge is -2.14. The summed E-state index contributed by atoms with van der Waals surface area (Å²) in [7, 11) is 0. The first kappa shape index (κ1) is 18.5. The monoisotopic (exact) mass is 396 g/mol. The van der Waals surface area contributed by atoms with Crippen molar-refractivity contribution in [3.63, 3.8) is 0 Å². The van der Waals surface area contributed by atoms with Crippen molar-refractivity contribution in [1.29, 1.82) is 0 Å². The van der Waals surface area contributed by atoms with Gasteiger partial charge in [0.25, 0.3) is 0 Å². The van der Waals surface area contributed by atoms with E-state index in [-0.39, 0.29) is 18.3 Å². The lowest BCUT2D eigenvalue weighted by Crippen LogP contribution is -2.24. The van der Waals surface area contributed by atoms with Gasteiger partial charge in [-0.05, 0) is 44.4 Å². The van der Waals surface area contributed by atoms with Crippen LogP contribution in [-0.2, 0) is 21.4 Å². The molecular weight excluding hydrogens is 376 g/mol. The van der Waals surface area contributed by atoms with Crippen molar-refractivity contribution in [2.75, 3.05) is 6.61 Å². The van der Waals surface area contributed by atoms with Crippen LogP contribution in [0.3, 0.4) is 0 Å². The number of rotatable bonds is 6. The van der Waals surface area contributed by atoms with Crippen molar-refractivity contribution >= 4 is 23.2 Å². The van der Waals surface area contributed by atoms with Gasteiger partial charge in [0.2, 0.25) is 5.91 Å². The maximum absolute atomic E-state index is 12.4. The van der Waals surface area contributed by atoms with E-state index in [9.17, 15) is 9.59 Å². The second kappa shape index (κ2) is 7.27. The number of carbonyl (C=O) groups excluding carboxylic acids is 2. The molecule has 1 saturated carbocycles. The van der Waals surface area contributed by atoms with Crippen molar-refractivity contribution in [2.45, 2.75) is 38.5 Å². The Morgan fingerprint density at radius 2 is 2.14 bits per heavy atom. The third-order valence-electron chi connectivity index (χ3n) is 4.86. The van der Waals surface area contributed by atoms with Crippen LogP contribution in [0.25, 0.3) is 10.4 Å². The van der Waals surface area contributed by atoms with Gasteiger partial charge in [-0.1, -0.05) is 0 Å². The van der Waals surface area contributed by atoms with E-state index in [4.69, 9.17) is 4.74 Å². The van der Waals surface area contributed by atoms with E-state index in [1.54, 1.807) is 18.6 Å². The van der Waals surface area contributed by atoms with E-state index >= 15 is 0 Å². The second-order valence-electron chi connectivity index (χ2n) is 6.79. The molecule has 3 aromatic heterocycles. The third-order valence-corrected chi connectivity index (χ3v) is 6.07. The van der Waals surface area contributed by atoms with Gasteiger partial charge in [-0.15, -0.1) is 11.3 Å². The highest BCUT2D eigenvalue weighted by atomic mass is 32.1. The fourth-order valence-electron chi connectivity index (χ4n) is 3.22. The first-order chi connectivity index (χ1) is 13.5. The smallest absolute Gasteiger partial charge is 0.318 e. The van der Waals surface area contributed by atoms with Crippen molar-refractivity contribution < 1.29 is 14.3 Å². The number of imidazole rings is 1. The van der Waals surface area contributed by atoms with Crippen LogP contribution < -0.4 is 0 Å². The van der Waals surface area contributed by atoms with E-state index in [0.29, 0.717) is 6.61 Å². The largest absolute Gasteiger partial charge is 0.465 e. The number of ether oxygens (including phenoxy) is 1.